The van der Waals surface area contributed by atoms with Crippen LogP contribution < -0.4 is 9.80 Å². The minimum atomic E-state index is -0.455. The van der Waals surface area contributed by atoms with Crippen LogP contribution in [-0.4, -0.2) is 34.0 Å². The highest BCUT2D eigenvalue weighted by Gasteiger charge is 2.27. The summed E-state index contributed by atoms with van der Waals surface area (Å²) >= 11 is 0. The van der Waals surface area contributed by atoms with Gasteiger partial charge in [0, 0.05) is 30.9 Å². The predicted molar refractivity (Wildman–Crippen MR) is 117 cm³/mol. The van der Waals surface area contributed by atoms with E-state index in [1.54, 1.807) is 48.7 Å². The number of aromatic hydroxyl groups is 1. The van der Waals surface area contributed by atoms with Crippen molar-refractivity contribution < 1.29 is 14.8 Å². The normalized spacial score (nSPS) is 13.2. The number of rotatable bonds is 6. The Morgan fingerprint density at radius 1 is 1.10 bits per heavy atom. The fraction of sp³-hybridized carbons (Fsp3) is 0.217. The monoisotopic (exact) mass is 418 g/mol. The van der Waals surface area contributed by atoms with Crippen LogP contribution in [-0.2, 0) is 6.54 Å². The molecule has 8 nitrogen and oxygen atoms in total. The van der Waals surface area contributed by atoms with Gasteiger partial charge in [-0.25, -0.2) is 0 Å². The van der Waals surface area contributed by atoms with Crippen LogP contribution in [0, 0.1) is 10.1 Å². The van der Waals surface area contributed by atoms with E-state index in [4.69, 9.17) is 0 Å². The van der Waals surface area contributed by atoms with Gasteiger partial charge in [0.15, 0.2) is 0 Å². The quantitative estimate of drug-likeness (QED) is 0.477. The fourth-order valence-electron chi connectivity index (χ4n) is 3.80. The Hall–Kier alpha value is -3.94. The molecule has 31 heavy (non-hydrogen) atoms. The Balaban J connectivity index is 1.73. The van der Waals surface area contributed by atoms with Crippen LogP contribution in [0.15, 0.2) is 66.9 Å². The zero-order valence-corrected chi connectivity index (χ0v) is 16.8. The molecule has 1 aromatic heterocycles. The molecule has 1 amide bonds. The van der Waals surface area contributed by atoms with E-state index in [-0.39, 0.29) is 23.5 Å². The van der Waals surface area contributed by atoms with E-state index in [0.29, 0.717) is 17.1 Å². The van der Waals surface area contributed by atoms with Gasteiger partial charge in [0.25, 0.3) is 11.6 Å². The van der Waals surface area contributed by atoms with Crippen LogP contribution in [0.4, 0.5) is 17.1 Å². The van der Waals surface area contributed by atoms with Crippen molar-refractivity contribution in [2.45, 2.75) is 19.4 Å². The maximum atomic E-state index is 13.5. The first kappa shape index (κ1) is 20.3. The Morgan fingerprint density at radius 2 is 1.84 bits per heavy atom. The predicted octanol–water partition coefficient (Wildman–Crippen LogP) is 4.14. The van der Waals surface area contributed by atoms with Crippen LogP contribution in [0.2, 0.25) is 0 Å². The Labute approximate surface area is 179 Å². The number of hydrogen-bond acceptors (Lipinski definition) is 6. The van der Waals surface area contributed by atoms with Crippen LogP contribution >= 0.6 is 0 Å². The summed E-state index contributed by atoms with van der Waals surface area (Å²) in [6, 6.07) is 16.4. The molecule has 1 N–H and O–H groups in total. The average molecular weight is 418 g/mol. The topological polar surface area (TPSA) is 99.8 Å². The third kappa shape index (κ3) is 4.32. The molecule has 8 heteroatoms. The molecule has 1 aliphatic rings. The third-order valence-electron chi connectivity index (χ3n) is 5.33. The number of pyridine rings is 1. The first-order chi connectivity index (χ1) is 15.0. The van der Waals surface area contributed by atoms with E-state index >= 15 is 0 Å². The van der Waals surface area contributed by atoms with Gasteiger partial charge in [-0.15, -0.1) is 0 Å². The number of nitrogens with zero attached hydrogens (tertiary/aromatic N) is 4. The molecular formula is C23H22N4O4. The zero-order chi connectivity index (χ0) is 21.8. The van der Waals surface area contributed by atoms with E-state index in [9.17, 15) is 20.0 Å². The summed E-state index contributed by atoms with van der Waals surface area (Å²) in [6.45, 7) is 1.63. The molecule has 0 unspecified atom stereocenters. The van der Waals surface area contributed by atoms with Crippen molar-refractivity contribution in [1.82, 2.24) is 4.98 Å². The lowest BCUT2D eigenvalue weighted by molar-refractivity contribution is -0.384. The summed E-state index contributed by atoms with van der Waals surface area (Å²) < 4.78 is 0. The molecule has 0 saturated carbocycles. The lowest BCUT2D eigenvalue weighted by Crippen LogP contribution is -2.31. The van der Waals surface area contributed by atoms with Crippen molar-refractivity contribution >= 4 is 23.0 Å². The largest absolute Gasteiger partial charge is 0.506 e. The molecule has 3 aromatic rings. The van der Waals surface area contributed by atoms with Crippen molar-refractivity contribution in [1.29, 1.82) is 0 Å². The van der Waals surface area contributed by atoms with Gasteiger partial charge in [-0.2, -0.15) is 0 Å². The number of aromatic nitrogens is 1. The number of carbonyl (C=O) groups is 1. The van der Waals surface area contributed by atoms with E-state index in [0.717, 1.165) is 25.9 Å². The number of benzene rings is 2. The standard InChI is InChI=1S/C23H22N4O4/c28-22-9-2-1-8-20(22)26(16-18-7-3-4-12-24-18)23(29)17-10-11-19(21(15-17)27(30)31)25-13-5-6-14-25/h1-4,7-12,15,28H,5-6,13-14,16H2. The average Bonchev–Trinajstić information content (AvgIpc) is 3.33. The lowest BCUT2D eigenvalue weighted by Gasteiger charge is -2.24. The molecule has 158 valence electrons. The van der Waals surface area contributed by atoms with Gasteiger partial charge in [-0.05, 0) is 49.2 Å². The summed E-state index contributed by atoms with van der Waals surface area (Å²) in [5.41, 5.74) is 1.54. The van der Waals surface area contributed by atoms with Gasteiger partial charge in [0.1, 0.15) is 11.4 Å². The summed E-state index contributed by atoms with van der Waals surface area (Å²) in [6.07, 6.45) is 3.60. The van der Waals surface area contributed by atoms with Crippen molar-refractivity contribution in [2.24, 2.45) is 0 Å². The minimum absolute atomic E-state index is 0.0602. The number of carbonyl (C=O) groups excluding carboxylic acids is 1. The first-order valence-corrected chi connectivity index (χ1v) is 10.1. The number of hydrogen-bond donors (Lipinski definition) is 1. The summed E-state index contributed by atoms with van der Waals surface area (Å²) in [5, 5.41) is 22.1. The smallest absolute Gasteiger partial charge is 0.293 e. The SMILES string of the molecule is O=C(c1ccc(N2CCCC2)c([N+](=O)[O-])c1)N(Cc1ccccn1)c1ccccc1O. The molecular weight excluding hydrogens is 396 g/mol. The van der Waals surface area contributed by atoms with Crippen LogP contribution in [0.1, 0.15) is 28.9 Å². The highest BCUT2D eigenvalue weighted by atomic mass is 16.6. The van der Waals surface area contributed by atoms with Gasteiger partial charge in [0.05, 0.1) is 22.8 Å². The molecule has 0 bridgehead atoms. The molecule has 4 rings (SSSR count). The van der Waals surface area contributed by atoms with Crippen LogP contribution in [0.25, 0.3) is 0 Å². The van der Waals surface area contributed by atoms with Crippen LogP contribution in [0.3, 0.4) is 0 Å². The Morgan fingerprint density at radius 3 is 2.52 bits per heavy atom. The second-order valence-electron chi connectivity index (χ2n) is 7.36. The number of anilines is 2. The second kappa shape index (κ2) is 8.83. The molecule has 0 spiro atoms. The maximum Gasteiger partial charge on any atom is 0.293 e. The lowest BCUT2D eigenvalue weighted by atomic mass is 10.1. The number of nitro groups is 1. The molecule has 0 atom stereocenters. The van der Waals surface area contributed by atoms with Gasteiger partial charge in [-0.3, -0.25) is 24.8 Å². The number of nitro benzene ring substituents is 1. The van der Waals surface area contributed by atoms with E-state index in [1.807, 2.05) is 11.0 Å². The van der Waals surface area contributed by atoms with E-state index < -0.39 is 10.8 Å². The molecule has 1 fully saturated rings. The molecule has 2 aromatic carbocycles. The first-order valence-electron chi connectivity index (χ1n) is 10.1. The van der Waals surface area contributed by atoms with Gasteiger partial charge < -0.3 is 10.0 Å². The van der Waals surface area contributed by atoms with Gasteiger partial charge >= 0.3 is 0 Å². The molecule has 1 aliphatic heterocycles. The zero-order valence-electron chi connectivity index (χ0n) is 16.8. The minimum Gasteiger partial charge on any atom is -0.506 e. The van der Waals surface area contributed by atoms with Crippen LogP contribution in [0.5, 0.6) is 5.75 Å². The summed E-state index contributed by atoms with van der Waals surface area (Å²) in [4.78, 5) is 32.4. The van der Waals surface area contributed by atoms with E-state index in [1.165, 1.54) is 17.0 Å². The molecule has 2 heterocycles. The maximum absolute atomic E-state index is 13.5. The summed E-state index contributed by atoms with van der Waals surface area (Å²) in [7, 11) is 0. The molecule has 0 aliphatic carbocycles. The second-order valence-corrected chi connectivity index (χ2v) is 7.36. The van der Waals surface area contributed by atoms with Crippen molar-refractivity contribution in [3.8, 4) is 5.75 Å². The van der Waals surface area contributed by atoms with Gasteiger partial charge in [-0.1, -0.05) is 18.2 Å². The number of phenols is 1. The van der Waals surface area contributed by atoms with Crippen molar-refractivity contribution in [3.63, 3.8) is 0 Å². The van der Waals surface area contributed by atoms with Gasteiger partial charge in [0.2, 0.25) is 0 Å². The van der Waals surface area contributed by atoms with Crippen molar-refractivity contribution in [3.05, 3.63) is 88.2 Å². The number of para-hydroxylation sites is 2. The molecule has 1 saturated heterocycles. The Bertz CT molecular complexity index is 1100. The fourth-order valence-corrected chi connectivity index (χ4v) is 3.80. The number of amides is 1. The number of phenolic OH excluding ortho intramolecular Hbond substituents is 1. The Kier molecular flexibility index (Phi) is 5.79. The molecule has 0 radical (unpaired) electrons. The highest BCUT2D eigenvalue weighted by molar-refractivity contribution is 6.07. The third-order valence-corrected chi connectivity index (χ3v) is 5.33. The van der Waals surface area contributed by atoms with Crippen molar-refractivity contribution in [2.75, 3.05) is 22.9 Å². The highest BCUT2D eigenvalue weighted by Crippen LogP contribution is 2.34. The summed E-state index contributed by atoms with van der Waals surface area (Å²) in [5.74, 6) is -0.516. The van der Waals surface area contributed by atoms with E-state index in [2.05, 4.69) is 4.98 Å².